The average molecular weight is 451 g/mol. The number of benzene rings is 2. The highest BCUT2D eigenvalue weighted by molar-refractivity contribution is 5.85. The first-order chi connectivity index (χ1) is 13.6. The lowest BCUT2D eigenvalue weighted by Crippen LogP contribution is -2.51. The molecule has 2 aromatic rings. The van der Waals surface area contributed by atoms with E-state index in [1.807, 2.05) is 0 Å². The average Bonchev–Trinajstić information content (AvgIpc) is 2.71. The van der Waals surface area contributed by atoms with Crippen LogP contribution in [0, 0.1) is 6.92 Å². The van der Waals surface area contributed by atoms with Crippen molar-refractivity contribution in [1.29, 1.82) is 0 Å². The fraction of sp³-hybridized carbons (Fsp3) is 0.500. The van der Waals surface area contributed by atoms with Gasteiger partial charge in [0.1, 0.15) is 0 Å². The molecule has 2 aliphatic rings. The first kappa shape index (κ1) is 24.8. The first-order valence-electron chi connectivity index (χ1n) is 10.7. The quantitative estimate of drug-likeness (QED) is 0.746. The fourth-order valence-corrected chi connectivity index (χ4v) is 4.66. The SMILES string of the molecule is Cc1cc(N2CCNC[C@@H]2C)ccc1N1CCN(Cc2ccccc2)[C@@H](C)C1.Cl.Cl. The molecule has 0 saturated carbocycles. The van der Waals surface area contributed by atoms with Crippen LogP contribution in [0.5, 0.6) is 0 Å². The summed E-state index contributed by atoms with van der Waals surface area (Å²) in [5, 5.41) is 3.48. The highest BCUT2D eigenvalue weighted by Crippen LogP contribution is 2.29. The molecule has 4 rings (SSSR count). The summed E-state index contributed by atoms with van der Waals surface area (Å²) in [4.78, 5) is 7.72. The molecule has 0 bridgehead atoms. The molecule has 0 amide bonds. The number of hydrogen-bond donors (Lipinski definition) is 1. The van der Waals surface area contributed by atoms with Crippen LogP contribution in [0.2, 0.25) is 0 Å². The van der Waals surface area contributed by atoms with Crippen LogP contribution in [0.3, 0.4) is 0 Å². The molecular formula is C24H36Cl2N4. The number of anilines is 2. The van der Waals surface area contributed by atoms with Gasteiger partial charge in [-0.3, -0.25) is 4.90 Å². The molecule has 166 valence electrons. The molecule has 4 nitrogen and oxygen atoms in total. The summed E-state index contributed by atoms with van der Waals surface area (Å²) < 4.78 is 0. The summed E-state index contributed by atoms with van der Waals surface area (Å²) in [6.07, 6.45) is 0. The van der Waals surface area contributed by atoms with E-state index >= 15 is 0 Å². The van der Waals surface area contributed by atoms with Gasteiger partial charge in [0.25, 0.3) is 0 Å². The number of nitrogens with zero attached hydrogens (tertiary/aromatic N) is 3. The third-order valence-corrected chi connectivity index (χ3v) is 6.35. The second kappa shape index (κ2) is 11.2. The number of halogens is 2. The van der Waals surface area contributed by atoms with Gasteiger partial charge in [-0.1, -0.05) is 30.3 Å². The van der Waals surface area contributed by atoms with Crippen LogP contribution in [-0.4, -0.2) is 56.3 Å². The summed E-state index contributed by atoms with van der Waals surface area (Å²) in [6, 6.07) is 19.0. The predicted molar refractivity (Wildman–Crippen MR) is 134 cm³/mol. The summed E-state index contributed by atoms with van der Waals surface area (Å²) in [5.74, 6) is 0. The number of hydrogen-bond acceptors (Lipinski definition) is 4. The molecule has 0 spiro atoms. The van der Waals surface area contributed by atoms with Crippen molar-refractivity contribution in [2.45, 2.75) is 39.4 Å². The lowest BCUT2D eigenvalue weighted by Gasteiger charge is -2.42. The monoisotopic (exact) mass is 450 g/mol. The maximum Gasteiger partial charge on any atom is 0.0398 e. The normalized spacial score (nSPS) is 22.2. The summed E-state index contributed by atoms with van der Waals surface area (Å²) in [6.45, 7) is 14.5. The molecule has 2 heterocycles. The van der Waals surface area contributed by atoms with Gasteiger partial charge < -0.3 is 15.1 Å². The lowest BCUT2D eigenvalue weighted by molar-refractivity contribution is 0.181. The van der Waals surface area contributed by atoms with Crippen molar-refractivity contribution in [2.75, 3.05) is 49.1 Å². The minimum Gasteiger partial charge on any atom is -0.368 e. The van der Waals surface area contributed by atoms with Gasteiger partial charge in [-0.25, -0.2) is 0 Å². The lowest BCUT2D eigenvalue weighted by atomic mass is 10.1. The molecule has 6 heteroatoms. The van der Waals surface area contributed by atoms with E-state index < -0.39 is 0 Å². The molecule has 0 unspecified atom stereocenters. The van der Waals surface area contributed by atoms with Crippen molar-refractivity contribution in [3.63, 3.8) is 0 Å². The fourth-order valence-electron chi connectivity index (χ4n) is 4.66. The van der Waals surface area contributed by atoms with Crippen molar-refractivity contribution < 1.29 is 0 Å². The van der Waals surface area contributed by atoms with Crippen LogP contribution in [0.4, 0.5) is 11.4 Å². The summed E-state index contributed by atoms with van der Waals surface area (Å²) in [7, 11) is 0. The Morgan fingerprint density at radius 1 is 0.933 bits per heavy atom. The van der Waals surface area contributed by atoms with Gasteiger partial charge in [0, 0.05) is 69.3 Å². The second-order valence-electron chi connectivity index (χ2n) is 8.47. The van der Waals surface area contributed by atoms with Gasteiger partial charge in [0.2, 0.25) is 0 Å². The Morgan fingerprint density at radius 2 is 1.70 bits per heavy atom. The van der Waals surface area contributed by atoms with E-state index in [1.165, 1.54) is 22.5 Å². The van der Waals surface area contributed by atoms with E-state index in [0.29, 0.717) is 12.1 Å². The highest BCUT2D eigenvalue weighted by Gasteiger charge is 2.25. The smallest absolute Gasteiger partial charge is 0.0398 e. The first-order valence-corrected chi connectivity index (χ1v) is 10.7. The third kappa shape index (κ3) is 5.61. The van der Waals surface area contributed by atoms with Crippen LogP contribution in [-0.2, 0) is 6.54 Å². The van der Waals surface area contributed by atoms with E-state index in [0.717, 1.165) is 45.8 Å². The number of piperazine rings is 2. The van der Waals surface area contributed by atoms with Gasteiger partial charge in [-0.2, -0.15) is 0 Å². The van der Waals surface area contributed by atoms with Gasteiger partial charge in [-0.05, 0) is 50.1 Å². The third-order valence-electron chi connectivity index (χ3n) is 6.35. The molecule has 2 aromatic carbocycles. The van der Waals surface area contributed by atoms with Crippen LogP contribution < -0.4 is 15.1 Å². The van der Waals surface area contributed by atoms with E-state index in [1.54, 1.807) is 0 Å². The molecule has 2 saturated heterocycles. The molecule has 0 radical (unpaired) electrons. The second-order valence-corrected chi connectivity index (χ2v) is 8.47. The molecule has 30 heavy (non-hydrogen) atoms. The van der Waals surface area contributed by atoms with Crippen LogP contribution in [0.15, 0.2) is 48.5 Å². The van der Waals surface area contributed by atoms with E-state index in [9.17, 15) is 0 Å². The zero-order valence-corrected chi connectivity index (χ0v) is 20.0. The molecule has 2 aliphatic heterocycles. The van der Waals surface area contributed by atoms with Gasteiger partial charge >= 0.3 is 0 Å². The molecule has 1 N–H and O–H groups in total. The highest BCUT2D eigenvalue weighted by atomic mass is 35.5. The van der Waals surface area contributed by atoms with Crippen LogP contribution in [0.1, 0.15) is 25.0 Å². The van der Waals surface area contributed by atoms with Crippen molar-refractivity contribution in [3.05, 3.63) is 59.7 Å². The van der Waals surface area contributed by atoms with Gasteiger partial charge in [0.15, 0.2) is 0 Å². The Morgan fingerprint density at radius 3 is 2.37 bits per heavy atom. The standard InChI is InChI=1S/C24H34N4.2ClH/c1-19-15-23(28-12-11-25-16-20(28)2)9-10-24(19)27-14-13-26(21(3)17-27)18-22-7-5-4-6-8-22;;/h4-10,15,20-21,25H,11-14,16-18H2,1-3H3;2*1H/t20-,21-;;/m0../s1. The Bertz CT molecular complexity index is 786. The van der Waals surface area contributed by atoms with Crippen LogP contribution in [0.25, 0.3) is 0 Å². The molecule has 2 fully saturated rings. The number of nitrogens with one attached hydrogen (secondary N) is 1. The molecule has 0 aromatic heterocycles. The minimum absolute atomic E-state index is 0. The minimum atomic E-state index is 0. The van der Waals surface area contributed by atoms with Gasteiger partial charge in [-0.15, -0.1) is 24.8 Å². The Hall–Kier alpha value is -1.46. The largest absolute Gasteiger partial charge is 0.368 e. The van der Waals surface area contributed by atoms with Crippen molar-refractivity contribution in [3.8, 4) is 0 Å². The number of aryl methyl sites for hydroxylation is 1. The van der Waals surface area contributed by atoms with Crippen molar-refractivity contribution in [2.24, 2.45) is 0 Å². The molecule has 2 atom stereocenters. The van der Waals surface area contributed by atoms with Crippen molar-refractivity contribution in [1.82, 2.24) is 10.2 Å². The number of rotatable bonds is 4. The Labute approximate surface area is 194 Å². The summed E-state index contributed by atoms with van der Waals surface area (Å²) in [5.41, 5.74) is 5.57. The zero-order chi connectivity index (χ0) is 19.5. The molecule has 0 aliphatic carbocycles. The van der Waals surface area contributed by atoms with Crippen molar-refractivity contribution >= 4 is 36.2 Å². The van der Waals surface area contributed by atoms with E-state index in [2.05, 4.69) is 89.3 Å². The maximum absolute atomic E-state index is 3.48. The maximum atomic E-state index is 3.48. The zero-order valence-electron chi connectivity index (χ0n) is 18.4. The topological polar surface area (TPSA) is 21.8 Å². The van der Waals surface area contributed by atoms with E-state index in [4.69, 9.17) is 0 Å². The summed E-state index contributed by atoms with van der Waals surface area (Å²) >= 11 is 0. The predicted octanol–water partition coefficient (Wildman–Crippen LogP) is 4.35. The molecular weight excluding hydrogens is 415 g/mol. The Kier molecular flexibility index (Phi) is 9.30. The van der Waals surface area contributed by atoms with E-state index in [-0.39, 0.29) is 24.8 Å². The Balaban J connectivity index is 0.00000160. The van der Waals surface area contributed by atoms with Gasteiger partial charge in [0.05, 0.1) is 0 Å². The van der Waals surface area contributed by atoms with Crippen LogP contribution >= 0.6 is 24.8 Å².